The summed E-state index contributed by atoms with van der Waals surface area (Å²) in [6, 6.07) is 4.38. The average molecular weight is 319 g/mol. The molecule has 0 spiro atoms. The first-order chi connectivity index (χ1) is 8.70. The van der Waals surface area contributed by atoms with Crippen LogP contribution in [0.2, 0.25) is 0 Å². The van der Waals surface area contributed by atoms with Crippen molar-refractivity contribution < 1.29 is 8.78 Å². The van der Waals surface area contributed by atoms with Crippen molar-refractivity contribution in [3.8, 4) is 0 Å². The Bertz CT molecular complexity index is 393. The number of halogens is 3. The molecule has 0 atom stereocenters. The molecule has 2 rings (SSSR count). The zero-order valence-electron chi connectivity index (χ0n) is 10.2. The topological polar surface area (TPSA) is 6.48 Å². The van der Waals surface area contributed by atoms with Crippen LogP contribution in [0.25, 0.3) is 0 Å². The molecule has 18 heavy (non-hydrogen) atoms. The maximum atomic E-state index is 13.5. The summed E-state index contributed by atoms with van der Waals surface area (Å²) in [5.41, 5.74) is 0.448. The van der Waals surface area contributed by atoms with Gasteiger partial charge in [0.05, 0.1) is 0 Å². The van der Waals surface area contributed by atoms with E-state index in [-0.39, 0.29) is 0 Å². The van der Waals surface area contributed by atoms with E-state index in [2.05, 4.69) is 25.7 Å². The molecule has 0 saturated carbocycles. The predicted octanol–water partition coefficient (Wildman–Crippen LogP) is 2.48. The molecule has 1 heterocycles. The lowest BCUT2D eigenvalue weighted by Crippen LogP contribution is -2.46. The highest BCUT2D eigenvalue weighted by Crippen LogP contribution is 2.14. The van der Waals surface area contributed by atoms with Gasteiger partial charge in [-0.2, -0.15) is 0 Å². The van der Waals surface area contributed by atoms with Gasteiger partial charge < -0.3 is 0 Å². The van der Waals surface area contributed by atoms with E-state index in [1.165, 1.54) is 0 Å². The minimum Gasteiger partial charge on any atom is -0.300 e. The fourth-order valence-electron chi connectivity index (χ4n) is 2.20. The summed E-state index contributed by atoms with van der Waals surface area (Å²) in [7, 11) is 0. The van der Waals surface area contributed by atoms with Gasteiger partial charge in [0.15, 0.2) is 11.6 Å². The molecule has 1 aliphatic heterocycles. The molecule has 1 aromatic rings. The Labute approximate surface area is 115 Å². The zero-order valence-corrected chi connectivity index (χ0v) is 11.8. The molecule has 5 heteroatoms. The molecule has 1 aromatic carbocycles. The summed E-state index contributed by atoms with van der Waals surface area (Å²) >= 11 is 3.42. The second-order valence-corrected chi connectivity index (χ2v) is 5.31. The van der Waals surface area contributed by atoms with Gasteiger partial charge in [0.2, 0.25) is 0 Å². The average Bonchev–Trinajstić information content (AvgIpc) is 2.38. The van der Waals surface area contributed by atoms with Crippen LogP contribution >= 0.6 is 15.9 Å². The number of hydrogen-bond donors (Lipinski definition) is 0. The van der Waals surface area contributed by atoms with Gasteiger partial charge in [-0.1, -0.05) is 28.1 Å². The number of hydrogen-bond acceptors (Lipinski definition) is 2. The molecule has 0 aromatic heterocycles. The molecule has 0 radical (unpaired) electrons. The Kier molecular flexibility index (Phi) is 5.09. The smallest absolute Gasteiger partial charge is 0.163 e. The minimum absolute atomic E-state index is 0.448. The second-order valence-electron chi connectivity index (χ2n) is 4.52. The summed E-state index contributed by atoms with van der Waals surface area (Å²) < 4.78 is 26.6. The van der Waals surface area contributed by atoms with Crippen LogP contribution < -0.4 is 0 Å². The van der Waals surface area contributed by atoms with Crippen molar-refractivity contribution in [2.24, 2.45) is 0 Å². The molecule has 2 nitrogen and oxygen atoms in total. The van der Waals surface area contributed by atoms with Gasteiger partial charge in [-0.25, -0.2) is 8.78 Å². The molecule has 0 amide bonds. The number of alkyl halides is 1. The third kappa shape index (κ3) is 3.49. The van der Waals surface area contributed by atoms with Crippen LogP contribution in [-0.2, 0) is 6.54 Å². The largest absolute Gasteiger partial charge is 0.300 e. The number of nitrogens with zero attached hydrogens (tertiary/aromatic N) is 2. The van der Waals surface area contributed by atoms with E-state index < -0.39 is 11.6 Å². The molecule has 1 fully saturated rings. The highest BCUT2D eigenvalue weighted by atomic mass is 79.9. The quantitative estimate of drug-likeness (QED) is 0.787. The lowest BCUT2D eigenvalue weighted by molar-refractivity contribution is 0.131. The van der Waals surface area contributed by atoms with Gasteiger partial charge in [-0.15, -0.1) is 0 Å². The molecule has 100 valence electrons. The summed E-state index contributed by atoms with van der Waals surface area (Å²) in [5, 5.41) is 0.978. The highest BCUT2D eigenvalue weighted by molar-refractivity contribution is 9.09. The summed E-state index contributed by atoms with van der Waals surface area (Å²) in [6.45, 7) is 5.32. The van der Waals surface area contributed by atoms with Crippen LogP contribution in [0.4, 0.5) is 8.78 Å². The fourth-order valence-corrected chi connectivity index (χ4v) is 2.70. The molecule has 0 aliphatic carbocycles. The van der Waals surface area contributed by atoms with Crippen molar-refractivity contribution in [2.75, 3.05) is 38.1 Å². The van der Waals surface area contributed by atoms with Crippen molar-refractivity contribution in [2.45, 2.75) is 6.54 Å². The number of rotatable bonds is 4. The standard InChI is InChI=1S/C13H17BrF2N2/c14-4-5-17-6-8-18(9-7-17)10-11-2-1-3-12(15)13(11)16/h1-3H,4-10H2. The Morgan fingerprint density at radius 3 is 2.39 bits per heavy atom. The molecule has 1 aliphatic rings. The zero-order chi connectivity index (χ0) is 13.0. The van der Waals surface area contributed by atoms with Crippen LogP contribution in [-0.4, -0.2) is 47.9 Å². The Hall–Kier alpha value is -0.520. The minimum atomic E-state index is -0.759. The van der Waals surface area contributed by atoms with Gasteiger partial charge in [0.25, 0.3) is 0 Å². The van der Waals surface area contributed by atoms with Crippen molar-refractivity contribution >= 4 is 15.9 Å². The normalized spacial score (nSPS) is 18.2. The van der Waals surface area contributed by atoms with Gasteiger partial charge in [-0.3, -0.25) is 9.80 Å². The van der Waals surface area contributed by atoms with E-state index in [4.69, 9.17) is 0 Å². The fraction of sp³-hybridized carbons (Fsp3) is 0.538. The van der Waals surface area contributed by atoms with Gasteiger partial charge in [-0.05, 0) is 6.07 Å². The maximum Gasteiger partial charge on any atom is 0.163 e. The maximum absolute atomic E-state index is 13.5. The van der Waals surface area contributed by atoms with E-state index in [1.807, 2.05) is 0 Å². The molecule has 0 unspecified atom stereocenters. The molecule has 1 saturated heterocycles. The van der Waals surface area contributed by atoms with Gasteiger partial charge in [0.1, 0.15) is 0 Å². The SMILES string of the molecule is Fc1cccc(CN2CCN(CCBr)CC2)c1F. The Morgan fingerprint density at radius 2 is 1.72 bits per heavy atom. The van der Waals surface area contributed by atoms with Crippen molar-refractivity contribution in [3.05, 3.63) is 35.4 Å². The highest BCUT2D eigenvalue weighted by Gasteiger charge is 2.18. The Balaban J connectivity index is 1.90. The first-order valence-electron chi connectivity index (χ1n) is 6.14. The first-order valence-corrected chi connectivity index (χ1v) is 7.26. The van der Waals surface area contributed by atoms with E-state index in [9.17, 15) is 8.78 Å². The van der Waals surface area contributed by atoms with Crippen molar-refractivity contribution in [3.63, 3.8) is 0 Å². The van der Waals surface area contributed by atoms with Crippen LogP contribution in [0.1, 0.15) is 5.56 Å². The molecule has 0 bridgehead atoms. The summed E-state index contributed by atoms with van der Waals surface area (Å²) in [4.78, 5) is 4.54. The lowest BCUT2D eigenvalue weighted by atomic mass is 10.1. The molecule has 0 N–H and O–H groups in total. The van der Waals surface area contributed by atoms with E-state index in [0.29, 0.717) is 12.1 Å². The molecular weight excluding hydrogens is 302 g/mol. The number of benzene rings is 1. The van der Waals surface area contributed by atoms with E-state index in [0.717, 1.165) is 44.1 Å². The Morgan fingerprint density at radius 1 is 1.06 bits per heavy atom. The third-order valence-corrected chi connectivity index (χ3v) is 3.65. The van der Waals surface area contributed by atoms with Crippen LogP contribution in [0.5, 0.6) is 0 Å². The van der Waals surface area contributed by atoms with E-state index in [1.54, 1.807) is 12.1 Å². The molecular formula is C13H17BrF2N2. The lowest BCUT2D eigenvalue weighted by Gasteiger charge is -2.34. The second kappa shape index (κ2) is 6.59. The predicted molar refractivity (Wildman–Crippen MR) is 71.9 cm³/mol. The van der Waals surface area contributed by atoms with Gasteiger partial charge in [0, 0.05) is 50.2 Å². The third-order valence-electron chi connectivity index (χ3n) is 3.29. The van der Waals surface area contributed by atoms with Crippen LogP contribution in [0.3, 0.4) is 0 Å². The van der Waals surface area contributed by atoms with Crippen molar-refractivity contribution in [1.29, 1.82) is 0 Å². The van der Waals surface area contributed by atoms with E-state index >= 15 is 0 Å². The van der Waals surface area contributed by atoms with Crippen LogP contribution in [0, 0.1) is 11.6 Å². The van der Waals surface area contributed by atoms with Gasteiger partial charge >= 0.3 is 0 Å². The monoisotopic (exact) mass is 318 g/mol. The van der Waals surface area contributed by atoms with Crippen LogP contribution in [0.15, 0.2) is 18.2 Å². The summed E-state index contributed by atoms with van der Waals surface area (Å²) in [5.74, 6) is -1.47. The number of piperazine rings is 1. The first kappa shape index (κ1) is 13.9. The summed E-state index contributed by atoms with van der Waals surface area (Å²) in [6.07, 6.45) is 0. The van der Waals surface area contributed by atoms with Crippen molar-refractivity contribution in [1.82, 2.24) is 9.80 Å².